The molecule has 0 fully saturated rings. The van der Waals surface area contributed by atoms with Crippen molar-refractivity contribution in [3.8, 4) is 0 Å². The van der Waals surface area contributed by atoms with E-state index in [4.69, 9.17) is 0 Å². The van der Waals surface area contributed by atoms with E-state index in [9.17, 15) is 0 Å². The van der Waals surface area contributed by atoms with Crippen molar-refractivity contribution in [1.82, 2.24) is 4.57 Å². The van der Waals surface area contributed by atoms with Crippen LogP contribution in [0.5, 0.6) is 0 Å². The molecule has 3 heteroatoms. The summed E-state index contributed by atoms with van der Waals surface area (Å²) in [6.07, 6.45) is 4.27. The lowest BCUT2D eigenvalue weighted by Gasteiger charge is -2.01. The van der Waals surface area contributed by atoms with Crippen molar-refractivity contribution in [1.29, 1.82) is 0 Å². The second kappa shape index (κ2) is 3.91. The molecule has 0 N–H and O–H groups in total. The average molecular weight is 223 g/mol. The maximum absolute atomic E-state index is 2.27. The van der Waals surface area contributed by atoms with Gasteiger partial charge < -0.3 is 4.57 Å². The Hall–Kier alpha value is -0.540. The van der Waals surface area contributed by atoms with Crippen LogP contribution < -0.4 is 0 Å². The van der Waals surface area contributed by atoms with E-state index in [2.05, 4.69) is 48.4 Å². The van der Waals surface area contributed by atoms with Crippen LogP contribution in [-0.4, -0.2) is 17.1 Å². The number of aryl methyl sites for hydroxylation is 1. The van der Waals surface area contributed by atoms with Crippen molar-refractivity contribution >= 4 is 34.4 Å². The molecule has 0 spiro atoms. The van der Waals surface area contributed by atoms with Crippen LogP contribution in [0.4, 0.5) is 0 Å². The molecule has 0 atom stereocenters. The Morgan fingerprint density at radius 2 is 1.79 bits per heavy atom. The zero-order valence-electron chi connectivity index (χ0n) is 8.57. The van der Waals surface area contributed by atoms with Crippen LogP contribution in [0.2, 0.25) is 0 Å². The minimum Gasteiger partial charge on any atom is -0.338 e. The van der Waals surface area contributed by atoms with Gasteiger partial charge in [-0.2, -0.15) is 0 Å². The van der Waals surface area contributed by atoms with Crippen LogP contribution in [0.1, 0.15) is 0 Å². The van der Waals surface area contributed by atoms with Gasteiger partial charge in [0, 0.05) is 22.8 Å². The van der Waals surface area contributed by atoms with Crippen molar-refractivity contribution in [2.75, 3.05) is 12.5 Å². The molecule has 1 nitrogen and oxygen atoms in total. The predicted octanol–water partition coefficient (Wildman–Crippen LogP) is 3.62. The van der Waals surface area contributed by atoms with Crippen molar-refractivity contribution in [2.24, 2.45) is 7.05 Å². The van der Waals surface area contributed by atoms with E-state index in [0.29, 0.717) is 0 Å². The first kappa shape index (κ1) is 9.99. The highest BCUT2D eigenvalue weighted by Gasteiger charge is 2.12. The molecule has 1 aromatic heterocycles. The van der Waals surface area contributed by atoms with Crippen LogP contribution in [0.15, 0.2) is 34.2 Å². The molecule has 0 aliphatic carbocycles. The average Bonchev–Trinajstić information content (AvgIpc) is 2.51. The molecule has 0 aliphatic heterocycles. The highest BCUT2D eigenvalue weighted by Crippen LogP contribution is 2.36. The quantitative estimate of drug-likeness (QED) is 0.716. The zero-order valence-corrected chi connectivity index (χ0v) is 10.2. The summed E-state index contributed by atoms with van der Waals surface area (Å²) in [5.74, 6) is 0. The van der Waals surface area contributed by atoms with Gasteiger partial charge in [-0.15, -0.1) is 23.5 Å². The SMILES string of the molecule is CSc1c(SC)n(C)c2ccccc12. The normalized spacial score (nSPS) is 11.1. The Kier molecular flexibility index (Phi) is 2.79. The third kappa shape index (κ3) is 1.35. The molecule has 0 saturated heterocycles. The first-order valence-electron chi connectivity index (χ1n) is 4.45. The first-order valence-corrected chi connectivity index (χ1v) is 6.90. The van der Waals surface area contributed by atoms with Crippen molar-refractivity contribution < 1.29 is 0 Å². The Morgan fingerprint density at radius 1 is 1.07 bits per heavy atom. The van der Waals surface area contributed by atoms with Gasteiger partial charge in [0.2, 0.25) is 0 Å². The lowest BCUT2D eigenvalue weighted by molar-refractivity contribution is 0.838. The van der Waals surface area contributed by atoms with Crippen LogP contribution >= 0.6 is 23.5 Å². The molecule has 0 amide bonds. The number of benzene rings is 1. The molecular weight excluding hydrogens is 210 g/mol. The van der Waals surface area contributed by atoms with E-state index in [-0.39, 0.29) is 0 Å². The summed E-state index contributed by atoms with van der Waals surface area (Å²) in [4.78, 5) is 1.40. The van der Waals surface area contributed by atoms with Gasteiger partial charge in [-0.05, 0) is 18.6 Å². The van der Waals surface area contributed by atoms with E-state index in [1.54, 1.807) is 0 Å². The fourth-order valence-electron chi connectivity index (χ4n) is 1.76. The predicted molar refractivity (Wildman–Crippen MR) is 66.5 cm³/mol. The van der Waals surface area contributed by atoms with Gasteiger partial charge in [0.05, 0.1) is 5.03 Å². The zero-order chi connectivity index (χ0) is 10.1. The van der Waals surface area contributed by atoms with Crippen LogP contribution in [-0.2, 0) is 7.05 Å². The van der Waals surface area contributed by atoms with Crippen LogP contribution in [0.3, 0.4) is 0 Å². The standard InChI is InChI=1S/C11H13NS2/c1-12-9-7-5-4-6-8(9)10(13-2)11(12)14-3/h4-7H,1-3H3. The highest BCUT2D eigenvalue weighted by atomic mass is 32.2. The van der Waals surface area contributed by atoms with Crippen LogP contribution in [0, 0.1) is 0 Å². The summed E-state index contributed by atoms with van der Waals surface area (Å²) >= 11 is 3.64. The molecule has 0 aliphatic rings. The van der Waals surface area contributed by atoms with Crippen molar-refractivity contribution in [3.05, 3.63) is 24.3 Å². The second-order valence-electron chi connectivity index (χ2n) is 3.12. The number of hydrogen-bond acceptors (Lipinski definition) is 2. The number of thioether (sulfide) groups is 2. The van der Waals surface area contributed by atoms with E-state index in [1.165, 1.54) is 20.8 Å². The number of para-hydroxylation sites is 1. The fourth-order valence-corrected chi connectivity index (χ4v) is 3.63. The summed E-state index contributed by atoms with van der Waals surface area (Å²) in [6, 6.07) is 8.57. The monoisotopic (exact) mass is 223 g/mol. The fraction of sp³-hybridized carbons (Fsp3) is 0.273. The second-order valence-corrected chi connectivity index (χ2v) is 4.73. The van der Waals surface area contributed by atoms with E-state index >= 15 is 0 Å². The maximum Gasteiger partial charge on any atom is 0.0892 e. The summed E-state index contributed by atoms with van der Waals surface area (Å²) < 4.78 is 2.27. The van der Waals surface area contributed by atoms with Crippen LogP contribution in [0.25, 0.3) is 10.9 Å². The number of aromatic nitrogens is 1. The van der Waals surface area contributed by atoms with Gasteiger partial charge in [-0.3, -0.25) is 0 Å². The Balaban J connectivity index is 2.84. The summed E-state index contributed by atoms with van der Waals surface area (Å²) in [7, 11) is 2.13. The van der Waals surface area contributed by atoms with Crippen molar-refractivity contribution in [2.45, 2.75) is 9.92 Å². The third-order valence-electron chi connectivity index (χ3n) is 2.41. The van der Waals surface area contributed by atoms with Gasteiger partial charge in [-0.25, -0.2) is 0 Å². The molecule has 74 valence electrons. The Labute approximate surface area is 92.9 Å². The summed E-state index contributed by atoms with van der Waals surface area (Å²) in [5, 5.41) is 2.73. The molecule has 0 radical (unpaired) electrons. The molecule has 14 heavy (non-hydrogen) atoms. The third-order valence-corrected chi connectivity index (χ3v) is 4.22. The molecule has 2 rings (SSSR count). The number of nitrogens with zero attached hydrogens (tertiary/aromatic N) is 1. The van der Waals surface area contributed by atoms with Crippen molar-refractivity contribution in [3.63, 3.8) is 0 Å². The first-order chi connectivity index (χ1) is 6.79. The lowest BCUT2D eigenvalue weighted by atomic mass is 10.2. The minimum absolute atomic E-state index is 1.32. The molecule has 0 bridgehead atoms. The van der Waals surface area contributed by atoms with Gasteiger partial charge in [0.15, 0.2) is 0 Å². The van der Waals surface area contributed by atoms with Gasteiger partial charge in [0.1, 0.15) is 0 Å². The largest absolute Gasteiger partial charge is 0.338 e. The topological polar surface area (TPSA) is 4.93 Å². The highest BCUT2D eigenvalue weighted by molar-refractivity contribution is 8.01. The molecule has 0 unspecified atom stereocenters. The number of fused-ring (bicyclic) bond motifs is 1. The Bertz CT molecular complexity index is 460. The molecule has 0 saturated carbocycles. The summed E-state index contributed by atoms with van der Waals surface area (Å²) in [6.45, 7) is 0. The molecular formula is C11H13NS2. The molecule has 1 heterocycles. The van der Waals surface area contributed by atoms with E-state index in [1.807, 2.05) is 23.5 Å². The van der Waals surface area contributed by atoms with Gasteiger partial charge in [-0.1, -0.05) is 18.2 Å². The number of rotatable bonds is 2. The van der Waals surface area contributed by atoms with Gasteiger partial charge in [0.25, 0.3) is 0 Å². The molecule has 1 aromatic carbocycles. The van der Waals surface area contributed by atoms with E-state index in [0.717, 1.165) is 0 Å². The number of hydrogen-bond donors (Lipinski definition) is 0. The van der Waals surface area contributed by atoms with Gasteiger partial charge >= 0.3 is 0 Å². The lowest BCUT2D eigenvalue weighted by Crippen LogP contribution is -1.88. The Morgan fingerprint density at radius 3 is 2.43 bits per heavy atom. The summed E-state index contributed by atoms with van der Waals surface area (Å²) in [5.41, 5.74) is 1.32. The maximum atomic E-state index is 2.27. The van der Waals surface area contributed by atoms with E-state index < -0.39 is 0 Å². The minimum atomic E-state index is 1.32. The smallest absolute Gasteiger partial charge is 0.0892 e. The molecule has 2 aromatic rings.